The Kier molecular flexibility index (Phi) is 5.86. The van der Waals surface area contributed by atoms with Gasteiger partial charge in [-0.25, -0.2) is 4.79 Å². The number of hydrogen-bond acceptors (Lipinski definition) is 6. The van der Waals surface area contributed by atoms with E-state index >= 15 is 0 Å². The number of benzene rings is 1. The fraction of sp³-hybridized carbons (Fsp3) is 0.400. The molecule has 29 heavy (non-hydrogen) atoms. The lowest BCUT2D eigenvalue weighted by Crippen LogP contribution is -2.29. The maximum atomic E-state index is 12.8. The lowest BCUT2D eigenvalue weighted by molar-refractivity contribution is -0.122. The Labute approximate surface area is 168 Å². The number of carbonyl (C=O) groups is 3. The molecule has 2 aromatic rings. The molecule has 1 N–H and O–H groups in total. The number of aryl methyl sites for hydroxylation is 2. The molecule has 2 heterocycles. The predicted octanol–water partition coefficient (Wildman–Crippen LogP) is 1.91. The second-order valence-electron chi connectivity index (χ2n) is 6.82. The van der Waals surface area contributed by atoms with Gasteiger partial charge in [0, 0.05) is 20.0 Å². The Balaban J connectivity index is 1.78. The van der Waals surface area contributed by atoms with Crippen LogP contribution in [0.2, 0.25) is 0 Å². The third-order valence-corrected chi connectivity index (χ3v) is 4.80. The van der Waals surface area contributed by atoms with Gasteiger partial charge in [0.25, 0.3) is 0 Å². The summed E-state index contributed by atoms with van der Waals surface area (Å²) in [6.45, 7) is 4.06. The molecule has 0 saturated carbocycles. The van der Waals surface area contributed by atoms with Crippen LogP contribution in [0.3, 0.4) is 0 Å². The van der Waals surface area contributed by atoms with Crippen molar-refractivity contribution in [3.63, 3.8) is 0 Å². The van der Waals surface area contributed by atoms with Crippen LogP contribution in [0, 0.1) is 12.8 Å². The molecule has 154 valence electrons. The molecule has 2 amide bonds. The van der Waals surface area contributed by atoms with E-state index in [0.717, 1.165) is 5.56 Å². The van der Waals surface area contributed by atoms with Crippen molar-refractivity contribution in [1.29, 1.82) is 0 Å². The molecule has 0 bridgehead atoms. The minimum absolute atomic E-state index is 0.0650. The van der Waals surface area contributed by atoms with Gasteiger partial charge < -0.3 is 19.7 Å². The summed E-state index contributed by atoms with van der Waals surface area (Å²) in [4.78, 5) is 39.1. The maximum absolute atomic E-state index is 12.8. The molecule has 0 aliphatic carbocycles. The van der Waals surface area contributed by atoms with Crippen LogP contribution in [-0.2, 0) is 21.4 Å². The summed E-state index contributed by atoms with van der Waals surface area (Å²) < 4.78 is 11.8. The van der Waals surface area contributed by atoms with Crippen molar-refractivity contribution in [3.8, 4) is 5.75 Å². The zero-order chi connectivity index (χ0) is 21.1. The first-order valence-corrected chi connectivity index (χ1v) is 9.30. The number of anilines is 2. The third-order valence-electron chi connectivity index (χ3n) is 4.80. The Morgan fingerprint density at radius 2 is 2.10 bits per heavy atom. The highest BCUT2D eigenvalue weighted by Crippen LogP contribution is 2.34. The Bertz CT molecular complexity index is 952. The molecular weight excluding hydrogens is 376 g/mol. The van der Waals surface area contributed by atoms with E-state index < -0.39 is 11.9 Å². The summed E-state index contributed by atoms with van der Waals surface area (Å²) in [7, 11) is 3.15. The van der Waals surface area contributed by atoms with Crippen molar-refractivity contribution in [2.24, 2.45) is 13.0 Å². The molecule has 1 atom stereocenters. The van der Waals surface area contributed by atoms with Crippen LogP contribution in [-0.4, -0.2) is 47.8 Å². The number of nitrogens with one attached hydrogen (secondary N) is 1. The van der Waals surface area contributed by atoms with E-state index in [-0.39, 0.29) is 42.8 Å². The highest BCUT2D eigenvalue weighted by molar-refractivity contribution is 6.06. The van der Waals surface area contributed by atoms with Gasteiger partial charge in [0.2, 0.25) is 11.8 Å². The summed E-state index contributed by atoms with van der Waals surface area (Å²) in [6.07, 6.45) is 1.41. The average Bonchev–Trinajstić information content (AvgIpc) is 3.25. The van der Waals surface area contributed by atoms with Gasteiger partial charge >= 0.3 is 5.97 Å². The number of aromatic nitrogens is 2. The van der Waals surface area contributed by atoms with Crippen LogP contribution in [0.25, 0.3) is 0 Å². The Hall–Kier alpha value is -3.36. The lowest BCUT2D eigenvalue weighted by Gasteiger charge is -2.20. The standard InChI is InChI=1S/C20H24N4O5/c1-5-29-20(27)14-10-21-23(3)18(14)22-19(26)13-9-17(25)24(11-13)15-8-12(2)6-7-16(15)28-4/h6-8,10,13H,5,9,11H2,1-4H3,(H,22,26). The smallest absolute Gasteiger partial charge is 0.343 e. The van der Waals surface area contributed by atoms with E-state index in [1.165, 1.54) is 18.0 Å². The Morgan fingerprint density at radius 1 is 1.34 bits per heavy atom. The largest absolute Gasteiger partial charge is 0.495 e. The predicted molar refractivity (Wildman–Crippen MR) is 106 cm³/mol. The van der Waals surface area contributed by atoms with Crippen molar-refractivity contribution in [3.05, 3.63) is 35.5 Å². The van der Waals surface area contributed by atoms with E-state index in [1.807, 2.05) is 19.1 Å². The van der Waals surface area contributed by atoms with Gasteiger partial charge in [-0.3, -0.25) is 14.3 Å². The molecule has 0 radical (unpaired) electrons. The van der Waals surface area contributed by atoms with Crippen molar-refractivity contribution in [2.75, 3.05) is 30.5 Å². The van der Waals surface area contributed by atoms with Crippen LogP contribution < -0.4 is 15.0 Å². The molecule has 9 heteroatoms. The van der Waals surface area contributed by atoms with Crippen molar-refractivity contribution >= 4 is 29.3 Å². The maximum Gasteiger partial charge on any atom is 0.343 e. The minimum Gasteiger partial charge on any atom is -0.495 e. The number of hydrogen-bond donors (Lipinski definition) is 1. The van der Waals surface area contributed by atoms with Gasteiger partial charge in [0.15, 0.2) is 0 Å². The number of amides is 2. The molecule has 1 saturated heterocycles. The first kappa shape index (κ1) is 20.4. The van der Waals surface area contributed by atoms with E-state index in [4.69, 9.17) is 9.47 Å². The van der Waals surface area contributed by atoms with Crippen LogP contribution in [0.5, 0.6) is 5.75 Å². The second kappa shape index (κ2) is 8.34. The summed E-state index contributed by atoms with van der Waals surface area (Å²) in [5.74, 6) is -0.845. The quantitative estimate of drug-likeness (QED) is 0.743. The first-order chi connectivity index (χ1) is 13.8. The monoisotopic (exact) mass is 400 g/mol. The van der Waals surface area contributed by atoms with Gasteiger partial charge in [-0.15, -0.1) is 0 Å². The molecule has 9 nitrogen and oxygen atoms in total. The fourth-order valence-electron chi connectivity index (χ4n) is 3.29. The summed E-state index contributed by atoms with van der Waals surface area (Å²) in [5.41, 5.74) is 1.79. The van der Waals surface area contributed by atoms with E-state index in [0.29, 0.717) is 11.4 Å². The third kappa shape index (κ3) is 4.08. The molecule has 3 rings (SSSR count). The minimum atomic E-state index is -0.572. The summed E-state index contributed by atoms with van der Waals surface area (Å²) in [6, 6.07) is 5.55. The first-order valence-electron chi connectivity index (χ1n) is 9.30. The zero-order valence-electron chi connectivity index (χ0n) is 16.9. The molecule has 0 spiro atoms. The number of methoxy groups -OCH3 is 1. The number of ether oxygens (including phenoxy) is 2. The van der Waals surface area contributed by atoms with Gasteiger partial charge in [-0.2, -0.15) is 5.10 Å². The summed E-state index contributed by atoms with van der Waals surface area (Å²) >= 11 is 0. The van der Waals surface area contributed by atoms with E-state index in [2.05, 4.69) is 10.4 Å². The van der Waals surface area contributed by atoms with Crippen molar-refractivity contribution in [2.45, 2.75) is 20.3 Å². The molecule has 1 aromatic carbocycles. The number of esters is 1. The number of rotatable bonds is 6. The molecular formula is C20H24N4O5. The van der Waals surface area contributed by atoms with Gasteiger partial charge in [0.1, 0.15) is 17.1 Å². The van der Waals surface area contributed by atoms with Gasteiger partial charge in [0.05, 0.1) is 31.5 Å². The number of nitrogens with zero attached hydrogens (tertiary/aromatic N) is 3. The van der Waals surface area contributed by atoms with Gasteiger partial charge in [-0.1, -0.05) is 6.07 Å². The van der Waals surface area contributed by atoms with E-state index in [9.17, 15) is 14.4 Å². The average molecular weight is 400 g/mol. The van der Waals surface area contributed by atoms with Crippen molar-refractivity contribution < 1.29 is 23.9 Å². The topological polar surface area (TPSA) is 103 Å². The second-order valence-corrected chi connectivity index (χ2v) is 6.82. The zero-order valence-corrected chi connectivity index (χ0v) is 16.9. The lowest BCUT2D eigenvalue weighted by atomic mass is 10.1. The van der Waals surface area contributed by atoms with E-state index in [1.54, 1.807) is 24.9 Å². The Morgan fingerprint density at radius 3 is 2.79 bits per heavy atom. The highest BCUT2D eigenvalue weighted by atomic mass is 16.5. The van der Waals surface area contributed by atoms with Gasteiger partial charge in [-0.05, 0) is 31.5 Å². The van der Waals surface area contributed by atoms with Crippen LogP contribution >= 0.6 is 0 Å². The molecule has 1 aliphatic heterocycles. The van der Waals surface area contributed by atoms with Crippen LogP contribution in [0.1, 0.15) is 29.3 Å². The molecule has 1 fully saturated rings. The molecule has 1 unspecified atom stereocenters. The SMILES string of the molecule is CCOC(=O)c1cnn(C)c1NC(=O)C1CC(=O)N(c2cc(C)ccc2OC)C1. The molecule has 1 aromatic heterocycles. The number of carbonyl (C=O) groups excluding carboxylic acids is 3. The normalized spacial score (nSPS) is 16.1. The molecule has 1 aliphatic rings. The fourth-order valence-corrected chi connectivity index (χ4v) is 3.29. The summed E-state index contributed by atoms with van der Waals surface area (Å²) in [5, 5.41) is 6.74. The van der Waals surface area contributed by atoms with Crippen LogP contribution in [0.15, 0.2) is 24.4 Å². The van der Waals surface area contributed by atoms with Crippen molar-refractivity contribution in [1.82, 2.24) is 9.78 Å². The highest BCUT2D eigenvalue weighted by Gasteiger charge is 2.37. The van der Waals surface area contributed by atoms with Crippen LogP contribution in [0.4, 0.5) is 11.5 Å².